The summed E-state index contributed by atoms with van der Waals surface area (Å²) in [7, 11) is -3.86. The molecule has 0 spiro atoms. The summed E-state index contributed by atoms with van der Waals surface area (Å²) in [6, 6.07) is 4.02. The molecular formula is C14H23FN2O2S. The van der Waals surface area contributed by atoms with Gasteiger partial charge in [0.15, 0.2) is 0 Å². The lowest BCUT2D eigenvalue weighted by Gasteiger charge is -2.25. The van der Waals surface area contributed by atoms with E-state index in [1.54, 1.807) is 0 Å². The Kier molecular flexibility index (Phi) is 6.10. The molecule has 2 atom stereocenters. The molecule has 3 N–H and O–H groups in total. The monoisotopic (exact) mass is 302 g/mol. The number of sulfonamides is 1. The zero-order valence-electron chi connectivity index (χ0n) is 12.2. The van der Waals surface area contributed by atoms with E-state index < -0.39 is 15.8 Å². The molecule has 6 heteroatoms. The Hall–Kier alpha value is -0.980. The highest BCUT2D eigenvalue weighted by Crippen LogP contribution is 2.25. The molecular weight excluding hydrogens is 279 g/mol. The number of nitrogens with two attached hydrogens (primary N) is 1. The van der Waals surface area contributed by atoms with Crippen molar-refractivity contribution in [3.63, 3.8) is 0 Å². The molecule has 4 nitrogen and oxygen atoms in total. The maximum atomic E-state index is 14.1. The van der Waals surface area contributed by atoms with Crippen LogP contribution in [-0.2, 0) is 10.0 Å². The van der Waals surface area contributed by atoms with Crippen molar-refractivity contribution in [1.29, 1.82) is 0 Å². The van der Waals surface area contributed by atoms with Crippen LogP contribution in [0.15, 0.2) is 23.1 Å². The summed E-state index contributed by atoms with van der Waals surface area (Å²) in [5.41, 5.74) is 0.507. The van der Waals surface area contributed by atoms with Gasteiger partial charge >= 0.3 is 0 Å². The molecule has 1 aromatic carbocycles. The first-order valence-electron chi connectivity index (χ1n) is 6.86. The van der Waals surface area contributed by atoms with E-state index in [2.05, 4.69) is 12.2 Å². The first-order chi connectivity index (χ1) is 9.31. The van der Waals surface area contributed by atoms with Gasteiger partial charge in [-0.05, 0) is 43.0 Å². The van der Waals surface area contributed by atoms with E-state index in [9.17, 15) is 12.8 Å². The molecule has 0 heterocycles. The van der Waals surface area contributed by atoms with Gasteiger partial charge in [0.2, 0.25) is 10.0 Å². The molecule has 20 heavy (non-hydrogen) atoms. The molecule has 0 radical (unpaired) electrons. The van der Waals surface area contributed by atoms with Crippen molar-refractivity contribution in [2.75, 3.05) is 6.54 Å². The van der Waals surface area contributed by atoms with Crippen LogP contribution >= 0.6 is 0 Å². The number of halogens is 1. The number of primary sulfonamides is 1. The van der Waals surface area contributed by atoms with Crippen LogP contribution in [0, 0.1) is 5.82 Å². The molecule has 2 unspecified atom stereocenters. The summed E-state index contributed by atoms with van der Waals surface area (Å²) in [5, 5.41) is 8.38. The molecule has 0 saturated carbocycles. The minimum atomic E-state index is -3.86. The van der Waals surface area contributed by atoms with Gasteiger partial charge in [-0.25, -0.2) is 17.9 Å². The molecule has 0 bridgehead atoms. The Morgan fingerprint density at radius 3 is 2.45 bits per heavy atom. The van der Waals surface area contributed by atoms with Crippen LogP contribution in [-0.4, -0.2) is 21.0 Å². The van der Waals surface area contributed by atoms with E-state index in [-0.39, 0.29) is 16.9 Å². The zero-order valence-corrected chi connectivity index (χ0v) is 13.0. The SMILES string of the molecule is CCCNC(CC)C(C)c1ccc(S(N)(=O)=O)cc1F. The maximum absolute atomic E-state index is 14.1. The minimum absolute atomic E-state index is 0.0407. The normalized spacial score (nSPS) is 15.1. The van der Waals surface area contributed by atoms with Gasteiger partial charge in [-0.2, -0.15) is 0 Å². The Balaban J connectivity index is 3.01. The van der Waals surface area contributed by atoms with Gasteiger partial charge in [-0.3, -0.25) is 0 Å². The van der Waals surface area contributed by atoms with Crippen LogP contribution in [0.1, 0.15) is 45.1 Å². The molecule has 1 aromatic rings. The van der Waals surface area contributed by atoms with E-state index in [0.717, 1.165) is 25.5 Å². The van der Waals surface area contributed by atoms with Crippen molar-refractivity contribution in [2.45, 2.75) is 50.5 Å². The second kappa shape index (κ2) is 7.15. The van der Waals surface area contributed by atoms with Crippen LogP contribution in [0.2, 0.25) is 0 Å². The minimum Gasteiger partial charge on any atom is -0.313 e. The molecule has 0 aliphatic heterocycles. The number of hydrogen-bond acceptors (Lipinski definition) is 3. The van der Waals surface area contributed by atoms with Crippen molar-refractivity contribution < 1.29 is 12.8 Å². The summed E-state index contributed by atoms with van der Waals surface area (Å²) in [6.45, 7) is 6.93. The van der Waals surface area contributed by atoms with Gasteiger partial charge in [0.05, 0.1) is 4.90 Å². The van der Waals surface area contributed by atoms with Crippen LogP contribution in [0.3, 0.4) is 0 Å². The van der Waals surface area contributed by atoms with E-state index in [0.29, 0.717) is 5.56 Å². The lowest BCUT2D eigenvalue weighted by Crippen LogP contribution is -2.34. The van der Waals surface area contributed by atoms with Crippen LogP contribution in [0.5, 0.6) is 0 Å². The second-order valence-corrected chi connectivity index (χ2v) is 6.55. The summed E-state index contributed by atoms with van der Waals surface area (Å²) in [4.78, 5) is -0.194. The number of benzene rings is 1. The maximum Gasteiger partial charge on any atom is 0.238 e. The topological polar surface area (TPSA) is 72.2 Å². The Morgan fingerprint density at radius 2 is 2.00 bits per heavy atom. The third-order valence-electron chi connectivity index (χ3n) is 3.49. The predicted molar refractivity (Wildman–Crippen MR) is 78.6 cm³/mol. The Labute approximate surface area is 120 Å². The van der Waals surface area contributed by atoms with Crippen LogP contribution in [0.4, 0.5) is 4.39 Å². The third kappa shape index (κ3) is 4.26. The summed E-state index contributed by atoms with van der Waals surface area (Å²) < 4.78 is 36.5. The molecule has 0 saturated heterocycles. The standard InChI is InChI=1S/C14H23FN2O2S/c1-4-8-17-14(5-2)10(3)12-7-6-11(9-13(12)15)20(16,18)19/h6-7,9-10,14,17H,4-5,8H2,1-3H3,(H2,16,18,19). The van der Waals surface area contributed by atoms with Gasteiger partial charge in [0.25, 0.3) is 0 Å². The largest absolute Gasteiger partial charge is 0.313 e. The summed E-state index contributed by atoms with van der Waals surface area (Å²) >= 11 is 0. The summed E-state index contributed by atoms with van der Waals surface area (Å²) in [5.74, 6) is -0.568. The van der Waals surface area contributed by atoms with Crippen molar-refractivity contribution in [2.24, 2.45) is 5.14 Å². The smallest absolute Gasteiger partial charge is 0.238 e. The van der Waals surface area contributed by atoms with Gasteiger partial charge in [0.1, 0.15) is 5.82 Å². The van der Waals surface area contributed by atoms with Crippen LogP contribution < -0.4 is 10.5 Å². The lowest BCUT2D eigenvalue weighted by atomic mass is 9.91. The number of rotatable bonds is 7. The van der Waals surface area contributed by atoms with Crippen molar-refractivity contribution >= 4 is 10.0 Å². The fourth-order valence-electron chi connectivity index (χ4n) is 2.28. The first kappa shape index (κ1) is 17.1. The molecule has 0 aliphatic carbocycles. The average molecular weight is 302 g/mol. The Morgan fingerprint density at radius 1 is 1.35 bits per heavy atom. The highest BCUT2D eigenvalue weighted by molar-refractivity contribution is 7.89. The van der Waals surface area contributed by atoms with E-state index in [1.807, 2.05) is 13.8 Å². The molecule has 0 aromatic heterocycles. The van der Waals surface area contributed by atoms with Crippen molar-refractivity contribution in [3.05, 3.63) is 29.6 Å². The van der Waals surface area contributed by atoms with Crippen molar-refractivity contribution in [1.82, 2.24) is 5.32 Å². The molecule has 1 rings (SSSR count). The van der Waals surface area contributed by atoms with Crippen molar-refractivity contribution in [3.8, 4) is 0 Å². The van der Waals surface area contributed by atoms with E-state index in [1.165, 1.54) is 12.1 Å². The van der Waals surface area contributed by atoms with Gasteiger partial charge in [-0.1, -0.05) is 26.8 Å². The predicted octanol–water partition coefficient (Wildman–Crippen LogP) is 2.35. The zero-order chi connectivity index (χ0) is 15.3. The van der Waals surface area contributed by atoms with Gasteiger partial charge < -0.3 is 5.32 Å². The first-order valence-corrected chi connectivity index (χ1v) is 8.41. The molecule has 0 amide bonds. The van der Waals surface area contributed by atoms with Gasteiger partial charge in [-0.15, -0.1) is 0 Å². The average Bonchev–Trinajstić information content (AvgIpc) is 2.38. The molecule has 114 valence electrons. The lowest BCUT2D eigenvalue weighted by molar-refractivity contribution is 0.426. The highest BCUT2D eigenvalue weighted by Gasteiger charge is 2.21. The fraction of sp³-hybridized carbons (Fsp3) is 0.571. The van der Waals surface area contributed by atoms with Crippen LogP contribution in [0.25, 0.3) is 0 Å². The highest BCUT2D eigenvalue weighted by atomic mass is 32.2. The van der Waals surface area contributed by atoms with E-state index in [4.69, 9.17) is 5.14 Å². The Bertz CT molecular complexity index is 546. The molecule has 0 aliphatic rings. The van der Waals surface area contributed by atoms with E-state index >= 15 is 0 Å². The second-order valence-electron chi connectivity index (χ2n) is 4.99. The van der Waals surface area contributed by atoms with Gasteiger partial charge in [0, 0.05) is 6.04 Å². The quantitative estimate of drug-likeness (QED) is 0.812. The fourth-order valence-corrected chi connectivity index (χ4v) is 2.80. The number of nitrogens with one attached hydrogen (secondary N) is 1. The third-order valence-corrected chi connectivity index (χ3v) is 4.40. The number of hydrogen-bond donors (Lipinski definition) is 2. The molecule has 0 fully saturated rings. The summed E-state index contributed by atoms with van der Waals surface area (Å²) in [6.07, 6.45) is 1.88.